The average Bonchev–Trinajstić information content (AvgIpc) is 3.21. The van der Waals surface area contributed by atoms with Gasteiger partial charge in [-0.15, -0.1) is 35.3 Å². The van der Waals surface area contributed by atoms with Crippen molar-refractivity contribution in [3.8, 4) is 0 Å². The van der Waals surface area contributed by atoms with Gasteiger partial charge in [-0.2, -0.15) is 13.2 Å². The number of alkyl halides is 3. The van der Waals surface area contributed by atoms with Crippen molar-refractivity contribution in [1.82, 2.24) is 20.5 Å². The number of thiazole rings is 1. The molecule has 10 heteroatoms. The minimum absolute atomic E-state index is 0. The summed E-state index contributed by atoms with van der Waals surface area (Å²) in [5, 5.41) is 7.76. The maximum Gasteiger partial charge on any atom is 0.434 e. The van der Waals surface area contributed by atoms with E-state index in [0.29, 0.717) is 16.9 Å². The minimum atomic E-state index is -4.40. The van der Waals surface area contributed by atoms with Crippen molar-refractivity contribution in [2.24, 2.45) is 10.9 Å². The van der Waals surface area contributed by atoms with Gasteiger partial charge < -0.3 is 10.6 Å². The van der Waals surface area contributed by atoms with Crippen molar-refractivity contribution in [3.63, 3.8) is 0 Å². The van der Waals surface area contributed by atoms with E-state index in [1.54, 1.807) is 7.05 Å². The Hall–Kier alpha value is -1.40. The van der Waals surface area contributed by atoms with Crippen molar-refractivity contribution in [1.29, 1.82) is 0 Å². The number of aliphatic imine (C=N–C) groups is 1. The zero-order valence-electron chi connectivity index (χ0n) is 17.7. The SMILES string of the molecule is CN=C(NCc1nc(C(F)(F)F)cs1)NCC1CCN(Cc2ccc(C)cc2)CC1.I. The van der Waals surface area contributed by atoms with Crippen molar-refractivity contribution >= 4 is 41.3 Å². The molecule has 0 spiro atoms. The number of piperidine rings is 1. The minimum Gasteiger partial charge on any atom is -0.356 e. The smallest absolute Gasteiger partial charge is 0.356 e. The molecule has 0 unspecified atom stereocenters. The molecule has 0 radical (unpaired) electrons. The zero-order valence-corrected chi connectivity index (χ0v) is 20.9. The van der Waals surface area contributed by atoms with Crippen LogP contribution in [0.2, 0.25) is 0 Å². The van der Waals surface area contributed by atoms with E-state index in [1.807, 2.05) is 0 Å². The molecule has 0 bridgehead atoms. The lowest BCUT2D eigenvalue weighted by Crippen LogP contribution is -2.42. The Morgan fingerprint density at radius 2 is 1.87 bits per heavy atom. The normalized spacial score (nSPS) is 16.1. The number of hydrogen-bond acceptors (Lipinski definition) is 4. The van der Waals surface area contributed by atoms with Crippen LogP contribution in [-0.4, -0.2) is 42.5 Å². The fraction of sp³-hybridized carbons (Fsp3) is 0.524. The Morgan fingerprint density at radius 1 is 1.19 bits per heavy atom. The lowest BCUT2D eigenvalue weighted by atomic mass is 9.96. The van der Waals surface area contributed by atoms with Gasteiger partial charge in [0, 0.05) is 25.5 Å². The molecule has 31 heavy (non-hydrogen) atoms. The van der Waals surface area contributed by atoms with Crippen LogP contribution in [0.1, 0.15) is 34.7 Å². The Kier molecular flexibility index (Phi) is 10.0. The standard InChI is InChI=1S/C21H28F3N5S.HI/c1-15-3-5-17(6-4-15)13-29-9-7-16(8-10-29)11-26-20(25-2)27-12-19-28-18(14-30-19)21(22,23)24;/h3-6,14,16H,7-13H2,1-2H3,(H2,25,26,27);1H. The van der Waals surface area contributed by atoms with E-state index in [4.69, 9.17) is 0 Å². The van der Waals surface area contributed by atoms with E-state index >= 15 is 0 Å². The molecule has 1 aliphatic rings. The molecule has 1 saturated heterocycles. The molecule has 2 aromatic rings. The molecule has 2 N–H and O–H groups in total. The number of guanidine groups is 1. The number of benzene rings is 1. The van der Waals surface area contributed by atoms with Crippen molar-refractivity contribution < 1.29 is 13.2 Å². The number of nitrogens with zero attached hydrogens (tertiary/aromatic N) is 3. The zero-order chi connectivity index (χ0) is 21.6. The first-order valence-electron chi connectivity index (χ1n) is 10.1. The molecule has 0 amide bonds. The summed E-state index contributed by atoms with van der Waals surface area (Å²) < 4.78 is 37.9. The van der Waals surface area contributed by atoms with Gasteiger partial charge in [0.15, 0.2) is 11.7 Å². The summed E-state index contributed by atoms with van der Waals surface area (Å²) in [5.41, 5.74) is 1.78. The highest BCUT2D eigenvalue weighted by Crippen LogP contribution is 2.29. The molecule has 0 saturated carbocycles. The summed E-state index contributed by atoms with van der Waals surface area (Å²) in [6.45, 7) is 6.22. The molecule has 1 aromatic heterocycles. The topological polar surface area (TPSA) is 52.6 Å². The van der Waals surface area contributed by atoms with E-state index in [2.05, 4.69) is 56.7 Å². The van der Waals surface area contributed by atoms with Crippen LogP contribution < -0.4 is 10.6 Å². The molecule has 2 heterocycles. The fourth-order valence-electron chi connectivity index (χ4n) is 3.44. The second kappa shape index (κ2) is 12.0. The van der Waals surface area contributed by atoms with Crippen molar-refractivity contribution in [3.05, 3.63) is 51.5 Å². The largest absolute Gasteiger partial charge is 0.434 e. The van der Waals surface area contributed by atoms with Crippen LogP contribution in [-0.2, 0) is 19.3 Å². The van der Waals surface area contributed by atoms with Gasteiger partial charge in [-0.05, 0) is 44.3 Å². The van der Waals surface area contributed by atoms with Gasteiger partial charge in [0.2, 0.25) is 0 Å². The summed E-state index contributed by atoms with van der Waals surface area (Å²) >= 11 is 0.995. The molecule has 1 aliphatic heterocycles. The summed E-state index contributed by atoms with van der Waals surface area (Å²) in [7, 11) is 1.66. The Balaban J connectivity index is 0.00000341. The second-order valence-electron chi connectivity index (χ2n) is 7.64. The van der Waals surface area contributed by atoms with Crippen LogP contribution in [0.15, 0.2) is 34.6 Å². The summed E-state index contributed by atoms with van der Waals surface area (Å²) in [6.07, 6.45) is -2.18. The van der Waals surface area contributed by atoms with Gasteiger partial charge in [-0.3, -0.25) is 9.89 Å². The highest BCUT2D eigenvalue weighted by Gasteiger charge is 2.33. The number of likely N-dealkylation sites (tertiary alicyclic amines) is 1. The van der Waals surface area contributed by atoms with Gasteiger partial charge in [-0.25, -0.2) is 4.98 Å². The van der Waals surface area contributed by atoms with Gasteiger partial charge >= 0.3 is 6.18 Å². The van der Waals surface area contributed by atoms with Crippen LogP contribution in [0, 0.1) is 12.8 Å². The average molecular weight is 567 g/mol. The molecule has 5 nitrogen and oxygen atoms in total. The molecule has 0 atom stereocenters. The van der Waals surface area contributed by atoms with Crippen LogP contribution in [0.5, 0.6) is 0 Å². The van der Waals surface area contributed by atoms with Crippen LogP contribution in [0.25, 0.3) is 0 Å². The lowest BCUT2D eigenvalue weighted by molar-refractivity contribution is -0.140. The van der Waals surface area contributed by atoms with E-state index in [-0.39, 0.29) is 30.5 Å². The van der Waals surface area contributed by atoms with Gasteiger partial charge in [0.05, 0.1) is 6.54 Å². The third-order valence-corrected chi connectivity index (χ3v) is 6.11. The predicted octanol–water partition coefficient (Wildman–Crippen LogP) is 4.67. The van der Waals surface area contributed by atoms with Crippen LogP contribution in [0.4, 0.5) is 13.2 Å². The van der Waals surface area contributed by atoms with Gasteiger partial charge in [-0.1, -0.05) is 29.8 Å². The maximum atomic E-state index is 12.6. The first-order chi connectivity index (χ1) is 14.3. The van der Waals surface area contributed by atoms with E-state index in [1.165, 1.54) is 11.1 Å². The Labute approximate surface area is 202 Å². The van der Waals surface area contributed by atoms with Gasteiger partial charge in [0.1, 0.15) is 5.01 Å². The van der Waals surface area contributed by atoms with Gasteiger partial charge in [0.25, 0.3) is 0 Å². The third-order valence-electron chi connectivity index (χ3n) is 5.26. The highest BCUT2D eigenvalue weighted by atomic mass is 127. The van der Waals surface area contributed by atoms with E-state index in [0.717, 1.165) is 55.7 Å². The van der Waals surface area contributed by atoms with Crippen LogP contribution in [0.3, 0.4) is 0 Å². The predicted molar refractivity (Wildman–Crippen MR) is 130 cm³/mol. The number of aryl methyl sites for hydroxylation is 1. The number of aromatic nitrogens is 1. The molecule has 1 fully saturated rings. The molecule has 1 aromatic carbocycles. The van der Waals surface area contributed by atoms with Crippen molar-refractivity contribution in [2.75, 3.05) is 26.7 Å². The molecular formula is C21H29F3IN5S. The van der Waals surface area contributed by atoms with Crippen molar-refractivity contribution in [2.45, 2.75) is 39.0 Å². The number of rotatable bonds is 6. The Bertz CT molecular complexity index is 830. The summed E-state index contributed by atoms with van der Waals surface area (Å²) in [6, 6.07) is 8.69. The number of nitrogens with one attached hydrogen (secondary N) is 2. The highest BCUT2D eigenvalue weighted by molar-refractivity contribution is 14.0. The second-order valence-corrected chi connectivity index (χ2v) is 8.58. The van der Waals surface area contributed by atoms with E-state index < -0.39 is 11.9 Å². The molecule has 0 aliphatic carbocycles. The lowest BCUT2D eigenvalue weighted by Gasteiger charge is -2.32. The molecular weight excluding hydrogens is 538 g/mol. The number of halogens is 4. The summed E-state index contributed by atoms with van der Waals surface area (Å²) in [5.74, 6) is 1.13. The monoisotopic (exact) mass is 567 g/mol. The fourth-order valence-corrected chi connectivity index (χ4v) is 4.18. The number of hydrogen-bond donors (Lipinski definition) is 2. The first-order valence-corrected chi connectivity index (χ1v) is 11.0. The maximum absolute atomic E-state index is 12.6. The quantitative estimate of drug-likeness (QED) is 0.303. The third kappa shape index (κ3) is 8.23. The van der Waals surface area contributed by atoms with E-state index in [9.17, 15) is 13.2 Å². The molecule has 172 valence electrons. The first kappa shape index (κ1) is 25.9. The van der Waals surface area contributed by atoms with Crippen LogP contribution >= 0.6 is 35.3 Å². The molecule has 3 rings (SSSR count). The Morgan fingerprint density at radius 3 is 2.45 bits per heavy atom. The summed E-state index contributed by atoms with van der Waals surface area (Å²) in [4.78, 5) is 10.3.